The number of nitrogens with zero attached hydrogens (tertiary/aromatic N) is 1. The lowest BCUT2D eigenvalue weighted by Gasteiger charge is -2.30. The molecule has 0 saturated heterocycles. The molecule has 0 fully saturated rings. The van der Waals surface area contributed by atoms with Gasteiger partial charge in [0.1, 0.15) is 11.5 Å². The third-order valence-corrected chi connectivity index (χ3v) is 2.33. The lowest BCUT2D eigenvalue weighted by Crippen LogP contribution is -2.63. The van der Waals surface area contributed by atoms with Crippen LogP contribution in [0.2, 0.25) is 0 Å². The second-order valence-electron chi connectivity index (χ2n) is 3.63. The molecular weight excluding hydrogens is 226 g/mol. The highest BCUT2D eigenvalue weighted by Crippen LogP contribution is 2.06. The SMILES string of the molecule is CC(=O)C(=O)C1=CNC2=NC(N)NC(=O)C2N1. The maximum absolute atomic E-state index is 11.6. The van der Waals surface area contributed by atoms with E-state index in [4.69, 9.17) is 5.73 Å². The van der Waals surface area contributed by atoms with Crippen molar-refractivity contribution in [2.45, 2.75) is 19.3 Å². The number of fused-ring (bicyclic) bond motifs is 1. The van der Waals surface area contributed by atoms with Crippen molar-refractivity contribution in [2.75, 3.05) is 0 Å². The number of nitrogens with one attached hydrogen (secondary N) is 3. The van der Waals surface area contributed by atoms with E-state index in [9.17, 15) is 14.4 Å². The molecule has 0 aromatic rings. The monoisotopic (exact) mass is 237 g/mol. The molecule has 90 valence electrons. The third-order valence-electron chi connectivity index (χ3n) is 2.33. The van der Waals surface area contributed by atoms with Crippen LogP contribution >= 0.6 is 0 Å². The van der Waals surface area contributed by atoms with Gasteiger partial charge in [0.05, 0.1) is 0 Å². The largest absolute Gasteiger partial charge is 0.363 e. The summed E-state index contributed by atoms with van der Waals surface area (Å²) in [4.78, 5) is 37.9. The van der Waals surface area contributed by atoms with Gasteiger partial charge in [-0.1, -0.05) is 0 Å². The van der Waals surface area contributed by atoms with Crippen LogP contribution in [-0.2, 0) is 14.4 Å². The maximum atomic E-state index is 11.6. The summed E-state index contributed by atoms with van der Waals surface area (Å²) in [6.07, 6.45) is 0.492. The summed E-state index contributed by atoms with van der Waals surface area (Å²) in [5.74, 6) is -1.39. The zero-order valence-electron chi connectivity index (χ0n) is 8.98. The molecule has 0 saturated carbocycles. The van der Waals surface area contributed by atoms with Gasteiger partial charge >= 0.3 is 0 Å². The van der Waals surface area contributed by atoms with E-state index in [1.54, 1.807) is 0 Å². The van der Waals surface area contributed by atoms with E-state index in [0.717, 1.165) is 6.92 Å². The first-order valence-electron chi connectivity index (χ1n) is 4.91. The second-order valence-corrected chi connectivity index (χ2v) is 3.63. The van der Waals surface area contributed by atoms with Crippen molar-refractivity contribution in [1.29, 1.82) is 0 Å². The Bertz CT molecular complexity index is 467. The van der Waals surface area contributed by atoms with Gasteiger partial charge in [-0.2, -0.15) is 0 Å². The fourth-order valence-corrected chi connectivity index (χ4v) is 1.53. The molecule has 8 nitrogen and oxygen atoms in total. The molecule has 2 aliphatic rings. The van der Waals surface area contributed by atoms with Gasteiger partial charge < -0.3 is 16.0 Å². The topological polar surface area (TPSA) is 126 Å². The Labute approximate surface area is 96.3 Å². The van der Waals surface area contributed by atoms with Gasteiger partial charge in [-0.3, -0.25) is 20.1 Å². The van der Waals surface area contributed by atoms with E-state index in [1.165, 1.54) is 6.20 Å². The smallest absolute Gasteiger partial charge is 0.253 e. The van der Waals surface area contributed by atoms with Gasteiger partial charge in [0.2, 0.25) is 11.6 Å². The van der Waals surface area contributed by atoms with Crippen LogP contribution in [0, 0.1) is 0 Å². The van der Waals surface area contributed by atoms with E-state index < -0.39 is 29.8 Å². The minimum atomic E-state index is -0.821. The highest BCUT2D eigenvalue weighted by Gasteiger charge is 2.34. The number of hydrogen-bond acceptors (Lipinski definition) is 7. The first kappa shape index (κ1) is 11.3. The number of amides is 1. The number of allylic oxidation sites excluding steroid dienone is 1. The van der Waals surface area contributed by atoms with E-state index in [1.807, 2.05) is 0 Å². The molecule has 8 heteroatoms. The van der Waals surface area contributed by atoms with Crippen molar-refractivity contribution in [3.05, 3.63) is 11.9 Å². The Morgan fingerprint density at radius 2 is 2.12 bits per heavy atom. The van der Waals surface area contributed by atoms with Crippen molar-refractivity contribution in [3.8, 4) is 0 Å². The van der Waals surface area contributed by atoms with Crippen LogP contribution in [0.3, 0.4) is 0 Å². The van der Waals surface area contributed by atoms with E-state index in [0.29, 0.717) is 5.84 Å². The quantitative estimate of drug-likeness (QED) is 0.388. The number of amidine groups is 1. The summed E-state index contributed by atoms with van der Waals surface area (Å²) < 4.78 is 0. The predicted octanol–water partition coefficient (Wildman–Crippen LogP) is -2.68. The van der Waals surface area contributed by atoms with Gasteiger partial charge in [-0.25, -0.2) is 4.99 Å². The number of carbonyl (C=O) groups is 3. The Morgan fingerprint density at radius 1 is 1.41 bits per heavy atom. The molecule has 5 N–H and O–H groups in total. The fourth-order valence-electron chi connectivity index (χ4n) is 1.53. The van der Waals surface area contributed by atoms with Crippen molar-refractivity contribution < 1.29 is 14.4 Å². The summed E-state index contributed by atoms with van der Waals surface area (Å²) in [5, 5.41) is 7.71. The molecule has 2 atom stereocenters. The number of carbonyl (C=O) groups excluding carboxylic acids is 3. The molecule has 2 rings (SSSR count). The fraction of sp³-hybridized carbons (Fsp3) is 0.333. The molecule has 0 aromatic carbocycles. The Hall–Kier alpha value is -2.22. The van der Waals surface area contributed by atoms with Crippen LogP contribution in [0.5, 0.6) is 0 Å². The van der Waals surface area contributed by atoms with Gasteiger partial charge in [0, 0.05) is 13.1 Å². The zero-order valence-corrected chi connectivity index (χ0v) is 8.98. The van der Waals surface area contributed by atoms with Gasteiger partial charge in [0.15, 0.2) is 12.3 Å². The number of aliphatic imine (C=N–C) groups is 1. The molecule has 2 unspecified atom stereocenters. The lowest BCUT2D eigenvalue weighted by atomic mass is 10.1. The summed E-state index contributed by atoms with van der Waals surface area (Å²) in [6, 6.07) is -0.821. The molecule has 1 amide bonds. The number of ketones is 2. The molecule has 0 spiro atoms. The first-order valence-corrected chi connectivity index (χ1v) is 4.91. The molecule has 0 aromatic heterocycles. The Kier molecular flexibility index (Phi) is 2.64. The van der Waals surface area contributed by atoms with Crippen LogP contribution in [0.1, 0.15) is 6.92 Å². The lowest BCUT2D eigenvalue weighted by molar-refractivity contribution is -0.133. The van der Waals surface area contributed by atoms with Crippen molar-refractivity contribution in [2.24, 2.45) is 10.7 Å². The molecule has 17 heavy (non-hydrogen) atoms. The van der Waals surface area contributed by atoms with Crippen LogP contribution in [0.15, 0.2) is 16.9 Å². The average Bonchev–Trinajstić information content (AvgIpc) is 2.27. The van der Waals surface area contributed by atoms with E-state index in [-0.39, 0.29) is 5.70 Å². The van der Waals surface area contributed by atoms with Crippen LogP contribution < -0.4 is 21.7 Å². The van der Waals surface area contributed by atoms with Gasteiger partial charge in [-0.05, 0) is 0 Å². The van der Waals surface area contributed by atoms with Crippen molar-refractivity contribution >= 4 is 23.3 Å². The molecule has 0 bridgehead atoms. The zero-order chi connectivity index (χ0) is 12.6. The molecule has 2 aliphatic heterocycles. The van der Waals surface area contributed by atoms with Crippen molar-refractivity contribution in [1.82, 2.24) is 16.0 Å². The summed E-state index contributed by atoms with van der Waals surface area (Å²) in [6.45, 7) is 1.16. The molecule has 0 radical (unpaired) electrons. The number of rotatable bonds is 2. The van der Waals surface area contributed by atoms with Crippen LogP contribution in [-0.4, -0.2) is 35.6 Å². The Morgan fingerprint density at radius 3 is 2.76 bits per heavy atom. The van der Waals surface area contributed by atoms with E-state index in [2.05, 4.69) is 20.9 Å². The average molecular weight is 237 g/mol. The summed E-state index contributed by atoms with van der Waals surface area (Å²) >= 11 is 0. The molecular formula is C9H11N5O3. The van der Waals surface area contributed by atoms with E-state index >= 15 is 0 Å². The van der Waals surface area contributed by atoms with Crippen molar-refractivity contribution in [3.63, 3.8) is 0 Å². The summed E-state index contributed by atoms with van der Waals surface area (Å²) in [5.41, 5.74) is 5.48. The number of Topliss-reactive ketones (excluding diaryl/α,β-unsaturated/α-hetero) is 2. The molecule has 0 aliphatic carbocycles. The normalized spacial score (nSPS) is 26.6. The number of hydrogen-bond donors (Lipinski definition) is 4. The maximum Gasteiger partial charge on any atom is 0.253 e. The Balaban J connectivity index is 2.25. The standard InChI is InChI=1S/C9H11N5O3/c1-3(15)6(16)4-2-11-7-5(12-4)8(17)14-9(10)13-7/h2,5,9,12H,10H2,1H3,(H,11,13)(H,14,17). The first-order chi connectivity index (χ1) is 7.99. The van der Waals surface area contributed by atoms with Gasteiger partial charge in [0.25, 0.3) is 5.91 Å². The molecule has 2 heterocycles. The minimum absolute atomic E-state index is 0.0343. The highest BCUT2D eigenvalue weighted by molar-refractivity contribution is 6.42. The second kappa shape index (κ2) is 3.98. The summed E-state index contributed by atoms with van der Waals surface area (Å²) in [7, 11) is 0. The highest BCUT2D eigenvalue weighted by atomic mass is 16.2. The van der Waals surface area contributed by atoms with Gasteiger partial charge in [-0.15, -0.1) is 0 Å². The predicted molar refractivity (Wildman–Crippen MR) is 57.4 cm³/mol. The third kappa shape index (κ3) is 2.02. The van der Waals surface area contributed by atoms with Crippen LogP contribution in [0.4, 0.5) is 0 Å². The number of nitrogens with two attached hydrogens (primary N) is 1. The minimum Gasteiger partial charge on any atom is -0.363 e. The van der Waals surface area contributed by atoms with Crippen LogP contribution in [0.25, 0.3) is 0 Å².